The molecule has 1 atom stereocenters. The number of halogens is 1. The molecule has 0 unspecified atom stereocenters. The van der Waals surface area contributed by atoms with Crippen LogP contribution in [0.4, 0.5) is 9.18 Å². The van der Waals surface area contributed by atoms with E-state index in [-0.39, 0.29) is 29.7 Å². The van der Waals surface area contributed by atoms with E-state index in [0.717, 1.165) is 12.8 Å². The summed E-state index contributed by atoms with van der Waals surface area (Å²) in [5.41, 5.74) is -0.663. The summed E-state index contributed by atoms with van der Waals surface area (Å²) in [5.74, 6) is -0.0802. The predicted molar refractivity (Wildman–Crippen MR) is 99.8 cm³/mol. The topological polar surface area (TPSA) is 61.8 Å². The van der Waals surface area contributed by atoms with Crippen LogP contribution in [0, 0.1) is 5.82 Å². The van der Waals surface area contributed by atoms with Crippen LogP contribution in [0.3, 0.4) is 0 Å². The van der Waals surface area contributed by atoms with Crippen molar-refractivity contribution in [2.24, 2.45) is 0 Å². The number of hydrogen-bond acceptors (Lipinski definition) is 3. The van der Waals surface area contributed by atoms with E-state index in [1.807, 2.05) is 6.92 Å². The molecule has 1 heterocycles. The first-order valence-electron chi connectivity index (χ1n) is 9.43. The molecular weight excluding hydrogens is 335 g/mol. The lowest BCUT2D eigenvalue weighted by molar-refractivity contribution is 0.0675. The molecule has 0 spiro atoms. The number of hydrogen-bond donors (Lipinski definition) is 2. The molecule has 1 fully saturated rings. The first-order valence-corrected chi connectivity index (χ1v) is 9.43. The van der Waals surface area contributed by atoms with Crippen LogP contribution in [0.15, 0.2) is 24.3 Å². The fraction of sp³-hybridized carbons (Fsp3) is 0.650. The molecule has 1 aliphatic rings. The molecule has 0 aromatic heterocycles. The second-order valence-corrected chi connectivity index (χ2v) is 7.79. The van der Waals surface area contributed by atoms with Crippen LogP contribution >= 0.6 is 0 Å². The maximum absolute atomic E-state index is 13.7. The summed E-state index contributed by atoms with van der Waals surface area (Å²) in [6.07, 6.45) is 3.72. The highest BCUT2D eigenvalue weighted by atomic mass is 19.1. The number of ether oxygens (including phenoxy) is 1. The van der Waals surface area contributed by atoms with Crippen LogP contribution < -0.4 is 10.1 Å². The van der Waals surface area contributed by atoms with Crippen LogP contribution in [0.25, 0.3) is 0 Å². The highest BCUT2D eigenvalue weighted by Crippen LogP contribution is 2.22. The van der Waals surface area contributed by atoms with Gasteiger partial charge < -0.3 is 20.1 Å². The van der Waals surface area contributed by atoms with Crippen molar-refractivity contribution in [2.75, 3.05) is 13.1 Å². The van der Waals surface area contributed by atoms with Gasteiger partial charge >= 0.3 is 6.03 Å². The predicted octanol–water partition coefficient (Wildman–Crippen LogP) is 3.71. The Morgan fingerprint density at radius 3 is 2.65 bits per heavy atom. The second kappa shape index (κ2) is 9.21. The Morgan fingerprint density at radius 2 is 2.04 bits per heavy atom. The van der Waals surface area contributed by atoms with Gasteiger partial charge in [0.1, 0.15) is 6.10 Å². The third-order valence-electron chi connectivity index (χ3n) is 4.66. The first kappa shape index (κ1) is 20.5. The fourth-order valence-electron chi connectivity index (χ4n) is 3.11. The number of aliphatic hydroxyl groups is 1. The number of nitrogens with one attached hydrogen (secondary N) is 1. The van der Waals surface area contributed by atoms with E-state index < -0.39 is 5.60 Å². The summed E-state index contributed by atoms with van der Waals surface area (Å²) in [6, 6.07) is 6.40. The number of rotatable bonds is 7. The van der Waals surface area contributed by atoms with Gasteiger partial charge in [-0.15, -0.1) is 0 Å². The van der Waals surface area contributed by atoms with Crippen molar-refractivity contribution in [3.05, 3.63) is 30.1 Å². The zero-order valence-corrected chi connectivity index (χ0v) is 16.0. The summed E-state index contributed by atoms with van der Waals surface area (Å²) in [4.78, 5) is 14.1. The minimum Gasteiger partial charge on any atom is -0.487 e. The molecule has 0 aliphatic carbocycles. The number of amides is 2. The Kier molecular flexibility index (Phi) is 7.26. The van der Waals surface area contributed by atoms with Gasteiger partial charge in [-0.2, -0.15) is 0 Å². The molecule has 1 saturated heterocycles. The van der Waals surface area contributed by atoms with Crippen LogP contribution in [-0.2, 0) is 0 Å². The van der Waals surface area contributed by atoms with E-state index in [1.165, 1.54) is 6.07 Å². The lowest BCUT2D eigenvalue weighted by Gasteiger charge is -2.33. The molecule has 1 aromatic carbocycles. The van der Waals surface area contributed by atoms with Crippen LogP contribution in [0.2, 0.25) is 0 Å². The Balaban J connectivity index is 1.70. The third kappa shape index (κ3) is 6.83. The van der Waals surface area contributed by atoms with Gasteiger partial charge in [0.2, 0.25) is 0 Å². The zero-order valence-electron chi connectivity index (χ0n) is 16.0. The van der Waals surface area contributed by atoms with Crippen molar-refractivity contribution in [1.82, 2.24) is 10.2 Å². The Bertz CT molecular complexity index is 581. The SMILES string of the molecule is C[C@@H](CCCC(C)(C)O)NC(=O)N1CCC(Oc2ccccc2F)CC1. The van der Waals surface area contributed by atoms with E-state index >= 15 is 0 Å². The minimum absolute atomic E-state index is 0.0647. The molecule has 26 heavy (non-hydrogen) atoms. The summed E-state index contributed by atoms with van der Waals surface area (Å²) in [7, 11) is 0. The number of likely N-dealkylation sites (tertiary alicyclic amines) is 1. The number of carbonyl (C=O) groups is 1. The molecular formula is C20H31FN2O3. The van der Waals surface area contributed by atoms with Gasteiger partial charge in [-0.05, 0) is 52.2 Å². The molecule has 0 saturated carbocycles. The number of piperidine rings is 1. The van der Waals surface area contributed by atoms with Gasteiger partial charge in [-0.25, -0.2) is 9.18 Å². The fourth-order valence-corrected chi connectivity index (χ4v) is 3.11. The van der Waals surface area contributed by atoms with E-state index in [4.69, 9.17) is 4.74 Å². The van der Waals surface area contributed by atoms with Crippen LogP contribution in [0.5, 0.6) is 5.75 Å². The van der Waals surface area contributed by atoms with E-state index in [9.17, 15) is 14.3 Å². The van der Waals surface area contributed by atoms with Gasteiger partial charge in [0.05, 0.1) is 5.60 Å². The Morgan fingerprint density at radius 1 is 1.38 bits per heavy atom. The Labute approximate surface area is 155 Å². The van der Waals surface area contributed by atoms with Crippen molar-refractivity contribution in [3.8, 4) is 5.75 Å². The van der Waals surface area contributed by atoms with Gasteiger partial charge in [-0.1, -0.05) is 12.1 Å². The molecule has 1 aliphatic heterocycles. The Hall–Kier alpha value is -1.82. The van der Waals surface area contributed by atoms with E-state index in [1.54, 1.807) is 36.9 Å². The molecule has 2 N–H and O–H groups in total. The number of carbonyl (C=O) groups excluding carboxylic acids is 1. The highest BCUT2D eigenvalue weighted by molar-refractivity contribution is 5.74. The molecule has 146 valence electrons. The van der Waals surface area contributed by atoms with Crippen molar-refractivity contribution >= 4 is 6.03 Å². The lowest BCUT2D eigenvalue weighted by Crippen LogP contribution is -2.48. The van der Waals surface area contributed by atoms with Crippen molar-refractivity contribution < 1.29 is 19.0 Å². The van der Waals surface area contributed by atoms with Gasteiger partial charge in [0, 0.05) is 32.0 Å². The lowest BCUT2D eigenvalue weighted by atomic mass is 10.00. The van der Waals surface area contributed by atoms with Gasteiger partial charge in [0.15, 0.2) is 11.6 Å². The molecule has 6 heteroatoms. The molecule has 2 rings (SSSR count). The molecule has 0 bridgehead atoms. The number of urea groups is 1. The van der Waals surface area contributed by atoms with Crippen molar-refractivity contribution in [1.29, 1.82) is 0 Å². The molecule has 2 amide bonds. The standard InChI is InChI=1S/C20H31FN2O3/c1-15(7-6-12-20(2,3)25)22-19(24)23-13-10-16(11-14-23)26-18-9-5-4-8-17(18)21/h4-5,8-9,15-16,25H,6-7,10-14H2,1-3H3,(H,22,24)/t15-/m0/s1. The number of para-hydroxylation sites is 1. The number of benzene rings is 1. The van der Waals surface area contributed by atoms with Crippen molar-refractivity contribution in [2.45, 2.75) is 70.6 Å². The van der Waals surface area contributed by atoms with Crippen LogP contribution in [-0.4, -0.2) is 46.9 Å². The summed E-state index contributed by atoms with van der Waals surface area (Å²) >= 11 is 0. The van der Waals surface area contributed by atoms with E-state index in [0.29, 0.717) is 32.4 Å². The maximum Gasteiger partial charge on any atom is 0.317 e. The maximum atomic E-state index is 13.7. The summed E-state index contributed by atoms with van der Waals surface area (Å²) < 4.78 is 19.4. The van der Waals surface area contributed by atoms with Crippen LogP contribution in [0.1, 0.15) is 52.9 Å². The second-order valence-electron chi connectivity index (χ2n) is 7.79. The van der Waals surface area contributed by atoms with E-state index in [2.05, 4.69) is 5.32 Å². The molecule has 0 radical (unpaired) electrons. The highest BCUT2D eigenvalue weighted by Gasteiger charge is 2.25. The summed E-state index contributed by atoms with van der Waals surface area (Å²) in [6.45, 7) is 6.77. The first-order chi connectivity index (χ1) is 12.2. The molecule has 5 nitrogen and oxygen atoms in total. The monoisotopic (exact) mass is 366 g/mol. The average Bonchev–Trinajstić information content (AvgIpc) is 2.56. The average molecular weight is 366 g/mol. The largest absolute Gasteiger partial charge is 0.487 e. The summed E-state index contributed by atoms with van der Waals surface area (Å²) in [5, 5.41) is 12.7. The smallest absolute Gasteiger partial charge is 0.317 e. The van der Waals surface area contributed by atoms with Gasteiger partial charge in [0.25, 0.3) is 0 Å². The zero-order chi connectivity index (χ0) is 19.2. The quantitative estimate of drug-likeness (QED) is 0.773. The third-order valence-corrected chi connectivity index (χ3v) is 4.66. The normalized spacial score (nSPS) is 17.0. The minimum atomic E-state index is -0.663. The number of nitrogens with zero attached hydrogens (tertiary/aromatic N) is 1. The van der Waals surface area contributed by atoms with Crippen molar-refractivity contribution in [3.63, 3.8) is 0 Å². The van der Waals surface area contributed by atoms with Gasteiger partial charge in [-0.3, -0.25) is 0 Å². The molecule has 1 aromatic rings.